The van der Waals surface area contributed by atoms with Crippen LogP contribution in [0.4, 0.5) is 0 Å². The van der Waals surface area contributed by atoms with E-state index in [1.165, 1.54) is 5.92 Å². The van der Waals surface area contributed by atoms with E-state index in [2.05, 4.69) is 6.42 Å². The highest BCUT2D eigenvalue weighted by molar-refractivity contribution is 5.85. The fourth-order valence-corrected chi connectivity index (χ4v) is 0.214. The van der Waals surface area contributed by atoms with Gasteiger partial charge in [0.1, 0.15) is 0 Å². The molecule has 6 nitrogen and oxygen atoms in total. The highest BCUT2D eigenvalue weighted by Gasteiger charge is 2.00. The number of hydrogen-bond donors (Lipinski definition) is 3. The summed E-state index contributed by atoms with van der Waals surface area (Å²) in [5.41, 5.74) is 0. The molecule has 0 atom stereocenters. The molecule has 0 saturated heterocycles. The van der Waals surface area contributed by atoms with Gasteiger partial charge in [0.2, 0.25) is 0 Å². The van der Waals surface area contributed by atoms with Gasteiger partial charge in [0.25, 0.3) is 0 Å². The molecule has 3 N–H and O–H groups in total. The summed E-state index contributed by atoms with van der Waals surface area (Å²) in [7, 11) is 0. The van der Waals surface area contributed by atoms with Crippen molar-refractivity contribution < 1.29 is 29.7 Å². The van der Waals surface area contributed by atoms with Gasteiger partial charge in [0.15, 0.2) is 0 Å². The Bertz CT molecular complexity index is 222. The zero-order chi connectivity index (χ0) is 10.9. The molecular weight excluding hydrogens is 180 g/mol. The minimum Gasteiger partial charge on any atom is -0.481 e. The van der Waals surface area contributed by atoms with Crippen LogP contribution in [0.2, 0.25) is 0 Å². The lowest BCUT2D eigenvalue weighted by Crippen LogP contribution is -2.00. The summed E-state index contributed by atoms with van der Waals surface area (Å²) in [6, 6.07) is 0. The second kappa shape index (κ2) is 8.07. The Kier molecular flexibility index (Phi) is 8.41. The standard InChI is InChI=1S/C4H6O4.C3H2O2/c5-3(6)1-2-4(7)8;1-2-3(4)5/h1-2H2,(H,5,6)(H,7,8);1H,(H,4,5). The van der Waals surface area contributed by atoms with Gasteiger partial charge in [-0.1, -0.05) is 0 Å². The van der Waals surface area contributed by atoms with Gasteiger partial charge in [0, 0.05) is 5.92 Å². The Hall–Kier alpha value is -2.03. The van der Waals surface area contributed by atoms with Crippen molar-refractivity contribution in [3.8, 4) is 12.3 Å². The number of hydrogen-bond acceptors (Lipinski definition) is 3. The second-order valence-corrected chi connectivity index (χ2v) is 1.74. The number of carbonyl (C=O) groups is 3. The third-order valence-corrected chi connectivity index (χ3v) is 0.676. The summed E-state index contributed by atoms with van der Waals surface area (Å²) >= 11 is 0. The van der Waals surface area contributed by atoms with Crippen molar-refractivity contribution >= 4 is 17.9 Å². The van der Waals surface area contributed by atoms with E-state index < -0.39 is 17.9 Å². The number of carboxylic acid groups (broad SMARTS) is 3. The van der Waals surface area contributed by atoms with E-state index in [1.54, 1.807) is 0 Å². The van der Waals surface area contributed by atoms with Crippen LogP contribution in [0, 0.1) is 12.3 Å². The van der Waals surface area contributed by atoms with Gasteiger partial charge in [-0.3, -0.25) is 9.59 Å². The van der Waals surface area contributed by atoms with Gasteiger partial charge in [-0.05, 0) is 0 Å². The molecule has 0 aromatic carbocycles. The van der Waals surface area contributed by atoms with E-state index in [9.17, 15) is 9.59 Å². The molecule has 0 unspecified atom stereocenters. The molecule has 0 amide bonds. The highest BCUT2D eigenvalue weighted by Crippen LogP contribution is 1.86. The van der Waals surface area contributed by atoms with Crippen LogP contribution in [-0.4, -0.2) is 33.2 Å². The molecule has 0 saturated carbocycles. The first-order chi connectivity index (χ1) is 5.90. The maximum atomic E-state index is 9.64. The topological polar surface area (TPSA) is 112 Å². The van der Waals surface area contributed by atoms with Crippen LogP contribution in [0.5, 0.6) is 0 Å². The second-order valence-electron chi connectivity index (χ2n) is 1.74. The van der Waals surface area contributed by atoms with Gasteiger partial charge in [-0.2, -0.15) is 0 Å². The molecule has 13 heavy (non-hydrogen) atoms. The Balaban J connectivity index is 0. The molecule has 0 radical (unpaired) electrons. The van der Waals surface area contributed by atoms with Crippen molar-refractivity contribution in [2.45, 2.75) is 12.8 Å². The van der Waals surface area contributed by atoms with Crippen molar-refractivity contribution in [2.75, 3.05) is 0 Å². The molecule has 0 heterocycles. The van der Waals surface area contributed by atoms with Crippen LogP contribution >= 0.6 is 0 Å². The number of terminal acetylenes is 1. The molecule has 6 heteroatoms. The molecule has 0 aliphatic rings. The summed E-state index contributed by atoms with van der Waals surface area (Å²) in [6.45, 7) is 0. The lowest BCUT2D eigenvalue weighted by molar-refractivity contribution is -0.143. The molecule has 0 spiro atoms. The maximum absolute atomic E-state index is 9.64. The molecule has 72 valence electrons. The summed E-state index contributed by atoms with van der Waals surface area (Å²) in [4.78, 5) is 28.4. The fourth-order valence-electron chi connectivity index (χ4n) is 0.214. The highest BCUT2D eigenvalue weighted by atomic mass is 16.4. The predicted molar refractivity (Wildman–Crippen MR) is 41.0 cm³/mol. The van der Waals surface area contributed by atoms with E-state index in [1.807, 2.05) is 0 Å². The van der Waals surface area contributed by atoms with E-state index in [0.29, 0.717) is 0 Å². The number of aliphatic carboxylic acids is 3. The van der Waals surface area contributed by atoms with E-state index in [-0.39, 0.29) is 12.8 Å². The average molecular weight is 188 g/mol. The zero-order valence-electron chi connectivity index (χ0n) is 6.56. The molecule has 0 bridgehead atoms. The van der Waals surface area contributed by atoms with Crippen LogP contribution in [-0.2, 0) is 14.4 Å². The van der Waals surface area contributed by atoms with E-state index in [0.717, 1.165) is 0 Å². The lowest BCUT2D eigenvalue weighted by atomic mass is 10.3. The Morgan fingerprint density at radius 1 is 1.00 bits per heavy atom. The minimum absolute atomic E-state index is 0.296. The third-order valence-electron chi connectivity index (χ3n) is 0.676. The smallest absolute Gasteiger partial charge is 0.381 e. The lowest BCUT2D eigenvalue weighted by Gasteiger charge is -1.85. The summed E-state index contributed by atoms with van der Waals surface area (Å²) in [6.07, 6.45) is 3.73. The number of rotatable bonds is 3. The van der Waals surface area contributed by atoms with Crippen molar-refractivity contribution in [2.24, 2.45) is 0 Å². The molecular formula is C7H8O6. The summed E-state index contributed by atoms with van der Waals surface area (Å²) in [5.74, 6) is -1.93. The van der Waals surface area contributed by atoms with Gasteiger partial charge in [0.05, 0.1) is 12.8 Å². The van der Waals surface area contributed by atoms with Gasteiger partial charge < -0.3 is 15.3 Å². The average Bonchev–Trinajstić information content (AvgIpc) is 2.02. The van der Waals surface area contributed by atoms with E-state index in [4.69, 9.17) is 20.1 Å². The fraction of sp³-hybridized carbons (Fsp3) is 0.286. The normalized spacial score (nSPS) is 7.31. The third kappa shape index (κ3) is 25.6. The first kappa shape index (κ1) is 13.6. The summed E-state index contributed by atoms with van der Waals surface area (Å²) < 4.78 is 0. The summed E-state index contributed by atoms with van der Waals surface area (Å²) in [5, 5.41) is 23.3. The van der Waals surface area contributed by atoms with Gasteiger partial charge in [-0.25, -0.2) is 4.79 Å². The van der Waals surface area contributed by atoms with Crippen LogP contribution < -0.4 is 0 Å². The predicted octanol–water partition coefficient (Wildman–Crippen LogP) is -0.360. The van der Waals surface area contributed by atoms with Crippen LogP contribution in [0.15, 0.2) is 0 Å². The van der Waals surface area contributed by atoms with Crippen molar-refractivity contribution in [1.29, 1.82) is 0 Å². The first-order valence-electron chi connectivity index (χ1n) is 3.03. The molecule has 0 aromatic rings. The van der Waals surface area contributed by atoms with Crippen molar-refractivity contribution in [3.63, 3.8) is 0 Å². The largest absolute Gasteiger partial charge is 0.481 e. The van der Waals surface area contributed by atoms with Crippen molar-refractivity contribution in [3.05, 3.63) is 0 Å². The monoisotopic (exact) mass is 188 g/mol. The zero-order valence-corrected chi connectivity index (χ0v) is 6.56. The molecule has 0 aliphatic heterocycles. The van der Waals surface area contributed by atoms with Crippen LogP contribution in [0.25, 0.3) is 0 Å². The number of carboxylic acids is 3. The molecule has 0 rings (SSSR count). The molecule has 0 aliphatic carbocycles. The van der Waals surface area contributed by atoms with Crippen LogP contribution in [0.1, 0.15) is 12.8 Å². The van der Waals surface area contributed by atoms with Crippen LogP contribution in [0.3, 0.4) is 0 Å². The van der Waals surface area contributed by atoms with E-state index >= 15 is 0 Å². The first-order valence-corrected chi connectivity index (χ1v) is 3.03. The minimum atomic E-state index is -1.22. The Morgan fingerprint density at radius 3 is 1.31 bits per heavy atom. The quantitative estimate of drug-likeness (QED) is 0.521. The molecule has 0 fully saturated rings. The van der Waals surface area contributed by atoms with Gasteiger partial charge in [-0.15, -0.1) is 6.42 Å². The maximum Gasteiger partial charge on any atom is 0.381 e. The van der Waals surface area contributed by atoms with Gasteiger partial charge >= 0.3 is 17.9 Å². The molecule has 0 aromatic heterocycles. The van der Waals surface area contributed by atoms with Crippen molar-refractivity contribution in [1.82, 2.24) is 0 Å². The Morgan fingerprint density at radius 2 is 1.23 bits per heavy atom. The SMILES string of the molecule is C#CC(=O)O.O=C(O)CCC(=O)O. The Labute approximate surface area is 73.8 Å².